The first-order valence-electron chi connectivity index (χ1n) is 9.16. The number of aromatic nitrogens is 2. The van der Waals surface area contributed by atoms with Gasteiger partial charge in [0.25, 0.3) is 5.56 Å². The van der Waals surface area contributed by atoms with E-state index in [0.29, 0.717) is 28.9 Å². The van der Waals surface area contributed by atoms with Crippen LogP contribution in [-0.2, 0) is 22.6 Å². The van der Waals surface area contributed by atoms with Gasteiger partial charge in [-0.25, -0.2) is 9.59 Å². The normalized spacial score (nSPS) is 10.8. The van der Waals surface area contributed by atoms with Crippen molar-refractivity contribution in [3.8, 4) is 0 Å². The molecule has 29 heavy (non-hydrogen) atoms. The van der Waals surface area contributed by atoms with Crippen molar-refractivity contribution in [1.82, 2.24) is 9.13 Å². The van der Waals surface area contributed by atoms with E-state index in [1.807, 2.05) is 6.92 Å². The van der Waals surface area contributed by atoms with Gasteiger partial charge >= 0.3 is 11.7 Å². The second-order valence-corrected chi connectivity index (χ2v) is 7.32. The molecule has 0 aliphatic heterocycles. The van der Waals surface area contributed by atoms with Crippen molar-refractivity contribution in [3.63, 3.8) is 0 Å². The molecule has 1 aromatic carbocycles. The van der Waals surface area contributed by atoms with E-state index in [1.54, 1.807) is 29.6 Å². The number of thiophene rings is 1. The summed E-state index contributed by atoms with van der Waals surface area (Å²) in [4.78, 5) is 50.1. The number of esters is 1. The highest BCUT2D eigenvalue weighted by Gasteiger charge is 2.18. The monoisotopic (exact) mass is 415 g/mol. The number of anilines is 1. The van der Waals surface area contributed by atoms with Gasteiger partial charge in [0.1, 0.15) is 11.2 Å². The van der Waals surface area contributed by atoms with Crippen LogP contribution in [0.3, 0.4) is 0 Å². The third kappa shape index (κ3) is 4.14. The summed E-state index contributed by atoms with van der Waals surface area (Å²) in [5.74, 6) is -1.07. The molecule has 2 aromatic heterocycles. The van der Waals surface area contributed by atoms with Crippen LogP contribution in [0.1, 0.15) is 30.1 Å². The molecule has 0 fully saturated rings. The smallest absolute Gasteiger partial charge is 0.339 e. The molecular formula is C20H21N3O5S. The number of fused-ring (bicyclic) bond motifs is 1. The second kappa shape index (κ2) is 8.87. The van der Waals surface area contributed by atoms with Gasteiger partial charge in [-0.1, -0.05) is 25.5 Å². The molecule has 3 aromatic rings. The average Bonchev–Trinajstić information content (AvgIpc) is 3.21. The van der Waals surface area contributed by atoms with Crippen LogP contribution in [0.4, 0.5) is 5.69 Å². The first-order chi connectivity index (χ1) is 14.0. The molecule has 9 heteroatoms. The maximum Gasteiger partial charge on any atom is 0.339 e. The van der Waals surface area contributed by atoms with Crippen LogP contribution in [0.15, 0.2) is 45.3 Å². The quantitative estimate of drug-likeness (QED) is 0.598. The Morgan fingerprint density at radius 2 is 1.90 bits per heavy atom. The maximum absolute atomic E-state index is 12.9. The predicted octanol–water partition coefficient (Wildman–Crippen LogP) is 2.45. The molecule has 1 amide bonds. The molecule has 0 spiro atoms. The van der Waals surface area contributed by atoms with E-state index in [-0.39, 0.29) is 17.7 Å². The molecule has 0 aliphatic rings. The summed E-state index contributed by atoms with van der Waals surface area (Å²) in [7, 11) is 1.26. The number of hydrogen-bond donors (Lipinski definition) is 1. The number of unbranched alkanes of at least 4 members (excludes halogenated alkanes) is 1. The minimum atomic E-state index is -0.577. The lowest BCUT2D eigenvalue weighted by molar-refractivity contribution is -0.116. The Bertz CT molecular complexity index is 1170. The van der Waals surface area contributed by atoms with Gasteiger partial charge in [0.05, 0.1) is 23.9 Å². The Morgan fingerprint density at radius 3 is 2.62 bits per heavy atom. The molecule has 0 unspecified atom stereocenters. The Labute approximate surface area is 170 Å². The zero-order valence-corrected chi connectivity index (χ0v) is 17.0. The highest BCUT2D eigenvalue weighted by atomic mass is 32.1. The standard InChI is InChI=1S/C20H21N3O5S/c1-3-4-10-22-18(25)17-15(9-11-29-17)23(20(22)27)12-16(24)21-14-8-6-5-7-13(14)19(26)28-2/h5-9,11H,3-4,10,12H2,1-2H3,(H,21,24). The fourth-order valence-electron chi connectivity index (χ4n) is 3.01. The van der Waals surface area contributed by atoms with E-state index in [9.17, 15) is 19.2 Å². The molecule has 3 rings (SSSR count). The van der Waals surface area contributed by atoms with Crippen LogP contribution in [0.5, 0.6) is 0 Å². The van der Waals surface area contributed by atoms with Gasteiger partial charge in [0, 0.05) is 6.54 Å². The number of benzene rings is 1. The third-order valence-corrected chi connectivity index (χ3v) is 5.37. The van der Waals surface area contributed by atoms with E-state index in [4.69, 9.17) is 4.74 Å². The summed E-state index contributed by atoms with van der Waals surface area (Å²) >= 11 is 1.24. The van der Waals surface area contributed by atoms with Crippen molar-refractivity contribution in [2.75, 3.05) is 12.4 Å². The van der Waals surface area contributed by atoms with Crippen molar-refractivity contribution in [3.05, 3.63) is 62.1 Å². The van der Waals surface area contributed by atoms with Crippen molar-refractivity contribution >= 4 is 39.1 Å². The van der Waals surface area contributed by atoms with Gasteiger partial charge in [0.2, 0.25) is 5.91 Å². The first kappa shape index (κ1) is 20.5. The van der Waals surface area contributed by atoms with Gasteiger partial charge in [-0.05, 0) is 30.0 Å². The zero-order valence-electron chi connectivity index (χ0n) is 16.1. The Morgan fingerprint density at radius 1 is 1.14 bits per heavy atom. The van der Waals surface area contributed by atoms with Gasteiger partial charge in [-0.15, -0.1) is 11.3 Å². The van der Waals surface area contributed by atoms with Crippen LogP contribution in [-0.4, -0.2) is 28.1 Å². The summed E-state index contributed by atoms with van der Waals surface area (Å²) in [6.45, 7) is 1.99. The molecule has 152 valence electrons. The average molecular weight is 415 g/mol. The van der Waals surface area contributed by atoms with Gasteiger partial charge in [-0.2, -0.15) is 0 Å². The van der Waals surface area contributed by atoms with Crippen molar-refractivity contribution in [1.29, 1.82) is 0 Å². The van der Waals surface area contributed by atoms with Crippen LogP contribution in [0.2, 0.25) is 0 Å². The lowest BCUT2D eigenvalue weighted by atomic mass is 10.2. The van der Waals surface area contributed by atoms with Crippen molar-refractivity contribution in [2.24, 2.45) is 0 Å². The fraction of sp³-hybridized carbons (Fsp3) is 0.300. The summed E-state index contributed by atoms with van der Waals surface area (Å²) < 4.78 is 7.63. The number of para-hydroxylation sites is 1. The summed E-state index contributed by atoms with van der Waals surface area (Å²) in [5, 5.41) is 4.37. The minimum Gasteiger partial charge on any atom is -0.465 e. The SMILES string of the molecule is CCCCn1c(=O)c2sccc2n(CC(=O)Nc2ccccc2C(=O)OC)c1=O. The number of amides is 1. The number of methoxy groups -OCH3 is 1. The molecule has 1 N–H and O–H groups in total. The fourth-order valence-corrected chi connectivity index (χ4v) is 3.86. The zero-order chi connectivity index (χ0) is 21.0. The van der Waals surface area contributed by atoms with Crippen LogP contribution < -0.4 is 16.6 Å². The minimum absolute atomic E-state index is 0.212. The number of ether oxygens (including phenoxy) is 1. The molecule has 0 saturated heterocycles. The Balaban J connectivity index is 1.96. The van der Waals surface area contributed by atoms with Crippen molar-refractivity contribution in [2.45, 2.75) is 32.9 Å². The number of hydrogen-bond acceptors (Lipinski definition) is 6. The number of carbonyl (C=O) groups is 2. The molecule has 8 nitrogen and oxygen atoms in total. The Kier molecular flexibility index (Phi) is 6.28. The summed E-state index contributed by atoms with van der Waals surface area (Å²) in [6, 6.07) is 8.11. The predicted molar refractivity (Wildman–Crippen MR) is 112 cm³/mol. The van der Waals surface area contributed by atoms with Crippen LogP contribution >= 0.6 is 11.3 Å². The van der Waals surface area contributed by atoms with E-state index < -0.39 is 17.6 Å². The molecular weight excluding hydrogens is 394 g/mol. The number of rotatable bonds is 7. The van der Waals surface area contributed by atoms with E-state index in [2.05, 4.69) is 5.32 Å². The molecule has 0 radical (unpaired) electrons. The summed E-state index contributed by atoms with van der Waals surface area (Å²) in [6.07, 6.45) is 1.52. The number of carbonyl (C=O) groups excluding carboxylic acids is 2. The second-order valence-electron chi connectivity index (χ2n) is 6.40. The van der Waals surface area contributed by atoms with E-state index >= 15 is 0 Å². The molecule has 0 atom stereocenters. The van der Waals surface area contributed by atoms with E-state index in [0.717, 1.165) is 6.42 Å². The Hall–Kier alpha value is -3.20. The van der Waals surface area contributed by atoms with Crippen LogP contribution in [0.25, 0.3) is 10.2 Å². The summed E-state index contributed by atoms with van der Waals surface area (Å²) in [5.41, 5.74) is 0.0728. The third-order valence-electron chi connectivity index (χ3n) is 4.48. The van der Waals surface area contributed by atoms with Crippen molar-refractivity contribution < 1.29 is 14.3 Å². The van der Waals surface area contributed by atoms with Gasteiger partial charge in [0.15, 0.2) is 0 Å². The van der Waals surface area contributed by atoms with Gasteiger partial charge in [-0.3, -0.25) is 18.7 Å². The van der Waals surface area contributed by atoms with Gasteiger partial charge < -0.3 is 10.1 Å². The molecule has 0 bridgehead atoms. The molecule has 0 aliphatic carbocycles. The van der Waals surface area contributed by atoms with E-state index in [1.165, 1.54) is 33.6 Å². The highest BCUT2D eigenvalue weighted by Crippen LogP contribution is 2.18. The molecule has 0 saturated carbocycles. The maximum atomic E-state index is 12.9. The lowest BCUT2D eigenvalue weighted by Gasteiger charge is -2.13. The highest BCUT2D eigenvalue weighted by molar-refractivity contribution is 7.17. The topological polar surface area (TPSA) is 99.4 Å². The molecule has 2 heterocycles. The largest absolute Gasteiger partial charge is 0.465 e. The first-order valence-corrected chi connectivity index (χ1v) is 10.0. The van der Waals surface area contributed by atoms with Crippen LogP contribution in [0, 0.1) is 0 Å². The number of nitrogens with zero attached hydrogens (tertiary/aromatic N) is 2. The number of nitrogens with one attached hydrogen (secondary N) is 1. The lowest BCUT2D eigenvalue weighted by Crippen LogP contribution is -2.41.